The molecule has 20 heavy (non-hydrogen) atoms. The van der Waals surface area contributed by atoms with E-state index in [2.05, 4.69) is 5.32 Å². The Kier molecular flexibility index (Phi) is 4.17. The van der Waals surface area contributed by atoms with Crippen LogP contribution in [-0.2, 0) is 6.54 Å². The molecular formula is C13H11N3O3S. The second-order valence-electron chi connectivity index (χ2n) is 3.88. The van der Waals surface area contributed by atoms with Gasteiger partial charge in [0.2, 0.25) is 0 Å². The van der Waals surface area contributed by atoms with Gasteiger partial charge in [0.15, 0.2) is 0 Å². The van der Waals surface area contributed by atoms with E-state index in [1.54, 1.807) is 24.3 Å². The van der Waals surface area contributed by atoms with Gasteiger partial charge in [0.1, 0.15) is 5.75 Å². The highest BCUT2D eigenvalue weighted by molar-refractivity contribution is 7.15. The van der Waals surface area contributed by atoms with Gasteiger partial charge in [-0.15, -0.1) is 0 Å². The van der Waals surface area contributed by atoms with E-state index in [1.807, 2.05) is 6.07 Å². The first-order chi connectivity index (χ1) is 9.63. The van der Waals surface area contributed by atoms with Gasteiger partial charge in [-0.05, 0) is 18.2 Å². The topological polar surface area (TPSA) is 88.2 Å². The van der Waals surface area contributed by atoms with Gasteiger partial charge in [0.25, 0.3) is 0 Å². The average Bonchev–Trinajstić information content (AvgIpc) is 2.94. The van der Waals surface area contributed by atoms with Crippen molar-refractivity contribution in [3.63, 3.8) is 0 Å². The summed E-state index contributed by atoms with van der Waals surface area (Å²) in [6.07, 6.45) is 0. The Hall–Kier alpha value is -2.59. The zero-order valence-corrected chi connectivity index (χ0v) is 11.4. The number of anilines is 1. The molecule has 6 nitrogen and oxygen atoms in total. The van der Waals surface area contributed by atoms with Crippen LogP contribution in [0.25, 0.3) is 0 Å². The monoisotopic (exact) mass is 289 g/mol. The van der Waals surface area contributed by atoms with E-state index in [0.29, 0.717) is 17.9 Å². The van der Waals surface area contributed by atoms with Crippen LogP contribution in [0.15, 0.2) is 30.3 Å². The molecule has 0 aliphatic carbocycles. The fraction of sp³-hybridized carbons (Fsp3) is 0.154. The molecule has 0 radical (unpaired) electrons. The first-order valence-electron chi connectivity index (χ1n) is 5.69. The normalized spacial score (nSPS) is 9.80. The van der Waals surface area contributed by atoms with Crippen molar-refractivity contribution in [2.24, 2.45) is 0 Å². The van der Waals surface area contributed by atoms with Gasteiger partial charge in [0.05, 0.1) is 29.4 Å². The molecule has 0 spiro atoms. The summed E-state index contributed by atoms with van der Waals surface area (Å²) < 4.78 is 5.20. The minimum atomic E-state index is -0.406. The predicted molar refractivity (Wildman–Crippen MR) is 76.0 cm³/mol. The van der Waals surface area contributed by atoms with E-state index >= 15 is 0 Å². The molecule has 1 N–H and O–H groups in total. The Bertz CT molecular complexity index is 676. The molecule has 0 atom stereocenters. The van der Waals surface area contributed by atoms with Gasteiger partial charge in [-0.2, -0.15) is 5.26 Å². The zero-order valence-electron chi connectivity index (χ0n) is 10.6. The van der Waals surface area contributed by atoms with Crippen LogP contribution in [0, 0.1) is 21.4 Å². The Morgan fingerprint density at radius 2 is 2.25 bits per heavy atom. The van der Waals surface area contributed by atoms with Gasteiger partial charge in [0, 0.05) is 23.6 Å². The molecule has 0 fully saturated rings. The van der Waals surface area contributed by atoms with Crippen LogP contribution >= 0.6 is 11.3 Å². The van der Waals surface area contributed by atoms with Crippen molar-refractivity contribution < 1.29 is 9.66 Å². The van der Waals surface area contributed by atoms with Crippen molar-refractivity contribution in [2.75, 3.05) is 12.4 Å². The van der Waals surface area contributed by atoms with Crippen molar-refractivity contribution in [3.05, 3.63) is 50.9 Å². The van der Waals surface area contributed by atoms with Crippen LogP contribution in [0.4, 0.5) is 10.7 Å². The lowest BCUT2D eigenvalue weighted by Crippen LogP contribution is -2.00. The molecule has 0 aliphatic heterocycles. The average molecular weight is 289 g/mol. The summed E-state index contributed by atoms with van der Waals surface area (Å²) in [6, 6.07) is 10.3. The second kappa shape index (κ2) is 6.04. The van der Waals surface area contributed by atoms with Gasteiger partial charge in [-0.1, -0.05) is 11.3 Å². The van der Waals surface area contributed by atoms with Gasteiger partial charge < -0.3 is 10.1 Å². The largest absolute Gasteiger partial charge is 0.495 e. The van der Waals surface area contributed by atoms with Crippen molar-refractivity contribution in [1.82, 2.24) is 0 Å². The summed E-state index contributed by atoms with van der Waals surface area (Å²) >= 11 is 1.13. The number of hydrogen-bond donors (Lipinski definition) is 1. The molecule has 0 unspecified atom stereocenters. The SMILES string of the molecule is COc1cc(C#N)ccc1NCc1ccc([N+](=O)[O-])s1. The quantitative estimate of drug-likeness (QED) is 0.674. The third-order valence-corrected chi connectivity index (χ3v) is 3.65. The second-order valence-corrected chi connectivity index (χ2v) is 5.02. The molecule has 102 valence electrons. The van der Waals surface area contributed by atoms with Crippen LogP contribution in [0.3, 0.4) is 0 Å². The third-order valence-electron chi connectivity index (χ3n) is 2.61. The fourth-order valence-electron chi connectivity index (χ4n) is 1.65. The maximum absolute atomic E-state index is 10.6. The zero-order chi connectivity index (χ0) is 14.5. The van der Waals surface area contributed by atoms with Crippen molar-refractivity contribution in [1.29, 1.82) is 5.26 Å². The highest BCUT2D eigenvalue weighted by atomic mass is 32.1. The first kappa shape index (κ1) is 13.8. The molecule has 2 rings (SSSR count). The standard InChI is InChI=1S/C13H11N3O3S/c1-19-12-6-9(7-14)2-4-11(12)15-8-10-3-5-13(20-10)16(17)18/h2-6,15H,8H2,1H3. The minimum absolute atomic E-state index is 0.119. The molecular weight excluding hydrogens is 278 g/mol. The summed E-state index contributed by atoms with van der Waals surface area (Å²) in [4.78, 5) is 11.0. The van der Waals surface area contributed by atoms with Crippen molar-refractivity contribution in [2.45, 2.75) is 6.54 Å². The van der Waals surface area contributed by atoms with Crippen molar-refractivity contribution in [3.8, 4) is 11.8 Å². The molecule has 7 heteroatoms. The maximum Gasteiger partial charge on any atom is 0.324 e. The molecule has 2 aromatic rings. The highest BCUT2D eigenvalue weighted by Crippen LogP contribution is 2.28. The van der Waals surface area contributed by atoms with E-state index in [9.17, 15) is 10.1 Å². The fourth-order valence-corrected chi connectivity index (χ4v) is 2.41. The number of thiophene rings is 1. The molecule has 1 aromatic heterocycles. The number of methoxy groups -OCH3 is 1. The summed E-state index contributed by atoms with van der Waals surface area (Å²) in [6.45, 7) is 0.459. The molecule has 0 amide bonds. The Balaban J connectivity index is 2.10. The number of nitro groups is 1. The van der Waals surface area contributed by atoms with E-state index in [0.717, 1.165) is 21.9 Å². The molecule has 0 saturated carbocycles. The Morgan fingerprint density at radius 1 is 1.45 bits per heavy atom. The Labute approximate surface area is 119 Å². The number of nitriles is 1. The highest BCUT2D eigenvalue weighted by Gasteiger charge is 2.10. The van der Waals surface area contributed by atoms with Crippen LogP contribution in [0.2, 0.25) is 0 Å². The first-order valence-corrected chi connectivity index (χ1v) is 6.51. The van der Waals surface area contributed by atoms with Crippen LogP contribution < -0.4 is 10.1 Å². The molecule has 0 bridgehead atoms. The van der Waals surface area contributed by atoms with Gasteiger partial charge in [-0.25, -0.2) is 0 Å². The van der Waals surface area contributed by atoms with Crippen LogP contribution in [0.1, 0.15) is 10.4 Å². The van der Waals surface area contributed by atoms with E-state index < -0.39 is 4.92 Å². The predicted octanol–water partition coefficient (Wildman–Crippen LogP) is 3.15. The molecule has 1 heterocycles. The summed E-state index contributed by atoms with van der Waals surface area (Å²) in [7, 11) is 1.53. The summed E-state index contributed by atoms with van der Waals surface area (Å²) in [5, 5.41) is 22.7. The van der Waals surface area contributed by atoms with Crippen LogP contribution in [-0.4, -0.2) is 12.0 Å². The van der Waals surface area contributed by atoms with Gasteiger partial charge in [-0.3, -0.25) is 10.1 Å². The Morgan fingerprint density at radius 3 is 2.85 bits per heavy atom. The smallest absolute Gasteiger partial charge is 0.324 e. The van der Waals surface area contributed by atoms with E-state index in [1.165, 1.54) is 13.2 Å². The van der Waals surface area contributed by atoms with Crippen molar-refractivity contribution >= 4 is 22.0 Å². The number of nitrogens with zero attached hydrogens (tertiary/aromatic N) is 2. The maximum atomic E-state index is 10.6. The lowest BCUT2D eigenvalue weighted by molar-refractivity contribution is -0.380. The molecule has 0 saturated heterocycles. The molecule has 0 aliphatic rings. The number of nitrogens with one attached hydrogen (secondary N) is 1. The third kappa shape index (κ3) is 3.05. The van der Waals surface area contributed by atoms with Crippen LogP contribution in [0.5, 0.6) is 5.75 Å². The molecule has 1 aromatic carbocycles. The van der Waals surface area contributed by atoms with E-state index in [-0.39, 0.29) is 5.00 Å². The van der Waals surface area contributed by atoms with Gasteiger partial charge >= 0.3 is 5.00 Å². The number of benzene rings is 1. The van der Waals surface area contributed by atoms with E-state index in [4.69, 9.17) is 10.00 Å². The minimum Gasteiger partial charge on any atom is -0.495 e. The lowest BCUT2D eigenvalue weighted by atomic mass is 10.2. The number of ether oxygens (including phenoxy) is 1. The lowest BCUT2D eigenvalue weighted by Gasteiger charge is -2.10. The summed E-state index contributed by atoms with van der Waals surface area (Å²) in [5.74, 6) is 0.565. The summed E-state index contributed by atoms with van der Waals surface area (Å²) in [5.41, 5.74) is 1.25. The number of hydrogen-bond acceptors (Lipinski definition) is 6. The number of rotatable bonds is 5.